The summed E-state index contributed by atoms with van der Waals surface area (Å²) in [5, 5.41) is 4.45. The van der Waals surface area contributed by atoms with E-state index in [2.05, 4.69) is 23.1 Å². The Kier molecular flexibility index (Phi) is 2.12. The molecule has 1 aliphatic heterocycles. The average Bonchev–Trinajstić information content (AvgIpc) is 2.79. The maximum Gasteiger partial charge on any atom is 0.112 e. The summed E-state index contributed by atoms with van der Waals surface area (Å²) >= 11 is 6.33. The van der Waals surface area contributed by atoms with Crippen LogP contribution in [0.1, 0.15) is 30.4 Å². The fourth-order valence-corrected chi connectivity index (χ4v) is 3.52. The van der Waals surface area contributed by atoms with Crippen molar-refractivity contribution in [2.24, 2.45) is 7.05 Å². The molecule has 3 rings (SSSR count). The third kappa shape index (κ3) is 1.28. The molecule has 1 aromatic heterocycles. The summed E-state index contributed by atoms with van der Waals surface area (Å²) in [7, 11) is 2.05. The van der Waals surface area contributed by atoms with Gasteiger partial charge in [-0.15, -0.1) is 0 Å². The van der Waals surface area contributed by atoms with Crippen molar-refractivity contribution in [3.8, 4) is 0 Å². The minimum absolute atomic E-state index is 0.401. The monoisotopic (exact) mass is 224 g/mol. The van der Waals surface area contributed by atoms with E-state index in [1.54, 1.807) is 0 Å². The van der Waals surface area contributed by atoms with Crippen molar-refractivity contribution in [3.63, 3.8) is 0 Å². The van der Waals surface area contributed by atoms with Gasteiger partial charge in [-0.3, -0.25) is 0 Å². The van der Waals surface area contributed by atoms with Crippen LogP contribution in [0.5, 0.6) is 0 Å². The summed E-state index contributed by atoms with van der Waals surface area (Å²) in [6.45, 7) is 2.30. The molecule has 1 spiro atoms. The lowest BCUT2D eigenvalue weighted by molar-refractivity contribution is 0.394. The van der Waals surface area contributed by atoms with Gasteiger partial charge in [0.1, 0.15) is 5.15 Å². The van der Waals surface area contributed by atoms with E-state index in [1.807, 2.05) is 0 Å². The van der Waals surface area contributed by atoms with Crippen molar-refractivity contribution >= 4 is 11.6 Å². The first-order valence-electron chi connectivity index (χ1n) is 5.78. The third-order valence-electron chi connectivity index (χ3n) is 4.10. The molecule has 1 aromatic rings. The molecule has 3 heteroatoms. The Balaban J connectivity index is 2.14. The van der Waals surface area contributed by atoms with E-state index in [-0.39, 0.29) is 0 Å². The van der Waals surface area contributed by atoms with Crippen LogP contribution in [0.25, 0.3) is 0 Å². The van der Waals surface area contributed by atoms with Crippen LogP contribution in [0.3, 0.4) is 0 Å². The van der Waals surface area contributed by atoms with Gasteiger partial charge in [-0.05, 0) is 43.4 Å². The first kappa shape index (κ1) is 9.73. The predicted molar refractivity (Wildman–Crippen MR) is 62.5 cm³/mol. The fourth-order valence-electron chi connectivity index (χ4n) is 3.27. The van der Waals surface area contributed by atoms with Crippen LogP contribution in [0.15, 0.2) is 6.20 Å². The number of fused-ring (bicyclic) bond motifs is 2. The lowest BCUT2D eigenvalue weighted by Crippen LogP contribution is -2.32. The quantitative estimate of drug-likeness (QED) is 0.715. The number of rotatable bonds is 0. The minimum Gasteiger partial charge on any atom is -0.341 e. The van der Waals surface area contributed by atoms with Gasteiger partial charge in [0.05, 0.1) is 0 Å². The second-order valence-corrected chi connectivity index (χ2v) is 5.34. The topological polar surface area (TPSA) is 17.0 Å². The van der Waals surface area contributed by atoms with E-state index in [0.29, 0.717) is 5.41 Å². The van der Waals surface area contributed by atoms with Crippen LogP contribution in [-0.4, -0.2) is 17.7 Å². The molecule has 1 fully saturated rings. The Morgan fingerprint density at radius 2 is 2.33 bits per heavy atom. The highest BCUT2D eigenvalue weighted by atomic mass is 35.5. The van der Waals surface area contributed by atoms with Crippen LogP contribution in [0.2, 0.25) is 5.15 Å². The highest BCUT2D eigenvalue weighted by Gasteiger charge is 2.40. The standard InChI is InChI=1S/C12H17ClN2/c1-15-7-10-9(11(15)13)3-2-4-12(10)5-6-14-8-12/h7,14H,2-6,8H2,1H3. The molecule has 1 aliphatic carbocycles. The van der Waals surface area contributed by atoms with Gasteiger partial charge < -0.3 is 9.88 Å². The van der Waals surface area contributed by atoms with Crippen LogP contribution >= 0.6 is 11.6 Å². The molecule has 0 aromatic carbocycles. The molecule has 1 N–H and O–H groups in total. The number of aryl methyl sites for hydroxylation is 1. The highest BCUT2D eigenvalue weighted by molar-refractivity contribution is 6.30. The third-order valence-corrected chi connectivity index (χ3v) is 4.60. The van der Waals surface area contributed by atoms with Gasteiger partial charge in [-0.25, -0.2) is 0 Å². The zero-order valence-corrected chi connectivity index (χ0v) is 9.90. The summed E-state index contributed by atoms with van der Waals surface area (Å²) in [6, 6.07) is 0. The number of nitrogens with one attached hydrogen (secondary N) is 1. The summed E-state index contributed by atoms with van der Waals surface area (Å²) in [6.07, 6.45) is 7.31. The maximum atomic E-state index is 6.33. The normalized spacial score (nSPS) is 29.7. The van der Waals surface area contributed by atoms with E-state index >= 15 is 0 Å². The van der Waals surface area contributed by atoms with Crippen LogP contribution in [0, 0.1) is 0 Å². The Bertz CT molecular complexity index is 389. The first-order chi connectivity index (χ1) is 7.23. The maximum absolute atomic E-state index is 6.33. The lowest BCUT2D eigenvalue weighted by Gasteiger charge is -2.33. The summed E-state index contributed by atoms with van der Waals surface area (Å²) in [5.74, 6) is 0. The second kappa shape index (κ2) is 3.26. The predicted octanol–water partition coefficient (Wildman–Crippen LogP) is 2.25. The van der Waals surface area contributed by atoms with Crippen molar-refractivity contribution in [1.29, 1.82) is 0 Å². The molecule has 2 nitrogen and oxygen atoms in total. The number of halogens is 1. The zero-order valence-electron chi connectivity index (χ0n) is 9.15. The van der Waals surface area contributed by atoms with Crippen molar-refractivity contribution in [1.82, 2.24) is 9.88 Å². The Morgan fingerprint density at radius 3 is 3.07 bits per heavy atom. The van der Waals surface area contributed by atoms with Gasteiger partial charge in [0.2, 0.25) is 0 Å². The number of nitrogens with zero attached hydrogens (tertiary/aromatic N) is 1. The van der Waals surface area contributed by atoms with E-state index in [0.717, 1.165) is 24.7 Å². The molecule has 0 radical (unpaired) electrons. The van der Waals surface area contributed by atoms with Crippen LogP contribution in [0.4, 0.5) is 0 Å². The summed E-state index contributed by atoms with van der Waals surface area (Å²) in [5.41, 5.74) is 3.33. The largest absolute Gasteiger partial charge is 0.341 e. The molecular weight excluding hydrogens is 208 g/mol. The minimum atomic E-state index is 0.401. The van der Waals surface area contributed by atoms with E-state index in [1.165, 1.54) is 30.4 Å². The average molecular weight is 225 g/mol. The number of hydrogen-bond donors (Lipinski definition) is 1. The molecule has 0 bridgehead atoms. The van der Waals surface area contributed by atoms with Crippen LogP contribution < -0.4 is 5.32 Å². The summed E-state index contributed by atoms with van der Waals surface area (Å²) < 4.78 is 2.08. The Labute approximate surface area is 95.6 Å². The molecular formula is C12H17ClN2. The molecule has 2 heterocycles. The van der Waals surface area contributed by atoms with Gasteiger partial charge in [0.25, 0.3) is 0 Å². The van der Waals surface area contributed by atoms with E-state index < -0.39 is 0 Å². The highest BCUT2D eigenvalue weighted by Crippen LogP contribution is 2.44. The second-order valence-electron chi connectivity index (χ2n) is 4.98. The van der Waals surface area contributed by atoms with E-state index in [4.69, 9.17) is 11.6 Å². The van der Waals surface area contributed by atoms with Crippen LogP contribution in [-0.2, 0) is 18.9 Å². The van der Waals surface area contributed by atoms with Gasteiger partial charge in [-0.2, -0.15) is 0 Å². The molecule has 2 aliphatic rings. The molecule has 1 unspecified atom stereocenters. The zero-order chi connectivity index (χ0) is 10.5. The summed E-state index contributed by atoms with van der Waals surface area (Å²) in [4.78, 5) is 0. The van der Waals surface area contributed by atoms with Gasteiger partial charge in [-0.1, -0.05) is 11.6 Å². The lowest BCUT2D eigenvalue weighted by atomic mass is 9.71. The molecule has 0 saturated carbocycles. The van der Waals surface area contributed by atoms with Crippen molar-refractivity contribution in [2.75, 3.05) is 13.1 Å². The molecule has 1 saturated heterocycles. The van der Waals surface area contributed by atoms with Gasteiger partial charge in [0, 0.05) is 25.2 Å². The number of aromatic nitrogens is 1. The van der Waals surface area contributed by atoms with Crippen molar-refractivity contribution < 1.29 is 0 Å². The molecule has 0 amide bonds. The molecule has 1 atom stereocenters. The number of hydrogen-bond acceptors (Lipinski definition) is 1. The Hall–Kier alpha value is -0.470. The smallest absolute Gasteiger partial charge is 0.112 e. The van der Waals surface area contributed by atoms with Gasteiger partial charge in [0.15, 0.2) is 0 Å². The van der Waals surface area contributed by atoms with Gasteiger partial charge >= 0.3 is 0 Å². The van der Waals surface area contributed by atoms with Crippen molar-refractivity contribution in [3.05, 3.63) is 22.5 Å². The first-order valence-corrected chi connectivity index (χ1v) is 6.16. The van der Waals surface area contributed by atoms with Crippen molar-refractivity contribution in [2.45, 2.75) is 31.1 Å². The SMILES string of the molecule is Cn1cc2c(c1Cl)CCCC21CCNC1. The Morgan fingerprint density at radius 1 is 1.47 bits per heavy atom. The molecule has 15 heavy (non-hydrogen) atoms. The fraction of sp³-hybridized carbons (Fsp3) is 0.667. The molecule has 82 valence electrons. The van der Waals surface area contributed by atoms with E-state index in [9.17, 15) is 0 Å².